The molecule has 44 valence electrons. The molecular weight excluding hydrogens is 100 g/mol. The molecule has 0 fully saturated rings. The van der Waals surface area contributed by atoms with E-state index >= 15 is 0 Å². The average Bonchev–Trinajstić information content (AvgIpc) is 1.94. The lowest BCUT2D eigenvalue weighted by Crippen LogP contribution is -2.24. The van der Waals surface area contributed by atoms with Gasteiger partial charge >= 0.3 is 0 Å². The Kier molecular flexibility index (Phi) is 1.70. The number of allylic oxidation sites excluding steroid dienone is 2. The fourth-order valence-electron chi connectivity index (χ4n) is 0.633. The van der Waals surface area contributed by atoms with Crippen LogP contribution in [0.3, 0.4) is 0 Å². The Morgan fingerprint density at radius 2 is 2.25 bits per heavy atom. The molecule has 1 heterocycles. The number of hydrazine groups is 1. The summed E-state index contributed by atoms with van der Waals surface area (Å²) in [5.41, 5.74) is 0. The van der Waals surface area contributed by atoms with Gasteiger partial charge in [-0.25, -0.2) is 5.84 Å². The van der Waals surface area contributed by atoms with Crippen LogP contribution in [0.25, 0.3) is 0 Å². The van der Waals surface area contributed by atoms with Crippen LogP contribution >= 0.6 is 0 Å². The molecule has 1 aliphatic heterocycles. The predicted octanol–water partition coefficient (Wildman–Crippen LogP) is 0.636. The summed E-state index contributed by atoms with van der Waals surface area (Å²) in [6, 6.07) is 0. The van der Waals surface area contributed by atoms with E-state index in [1.165, 1.54) is 0 Å². The Morgan fingerprint density at radius 1 is 1.38 bits per heavy atom. The number of nitrogens with zero attached hydrogens (tertiary/aromatic N) is 1. The quantitative estimate of drug-likeness (QED) is 0.463. The Hall–Kier alpha value is -0.760. The highest BCUT2D eigenvalue weighted by Gasteiger charge is 1.89. The highest BCUT2D eigenvalue weighted by Crippen LogP contribution is 1.93. The summed E-state index contributed by atoms with van der Waals surface area (Å²) in [4.78, 5) is 0. The zero-order valence-electron chi connectivity index (χ0n) is 4.75. The van der Waals surface area contributed by atoms with Gasteiger partial charge in [0.2, 0.25) is 0 Å². The first-order chi connectivity index (χ1) is 3.89. The Balaban J connectivity index is 2.46. The van der Waals surface area contributed by atoms with Gasteiger partial charge in [-0.1, -0.05) is 12.2 Å². The first-order valence-corrected chi connectivity index (χ1v) is 2.74. The van der Waals surface area contributed by atoms with Crippen molar-refractivity contribution in [2.75, 3.05) is 6.54 Å². The number of hydrogen-bond donors (Lipinski definition) is 1. The van der Waals surface area contributed by atoms with E-state index in [0.29, 0.717) is 0 Å². The lowest BCUT2D eigenvalue weighted by atomic mass is 10.4. The van der Waals surface area contributed by atoms with Crippen molar-refractivity contribution in [3.05, 3.63) is 24.4 Å². The average molecular weight is 110 g/mol. The van der Waals surface area contributed by atoms with Gasteiger partial charge in [0.15, 0.2) is 0 Å². The monoisotopic (exact) mass is 110 g/mol. The molecule has 1 rings (SSSR count). The van der Waals surface area contributed by atoms with E-state index in [1.807, 2.05) is 18.4 Å². The van der Waals surface area contributed by atoms with Crippen molar-refractivity contribution in [3.8, 4) is 0 Å². The van der Waals surface area contributed by atoms with E-state index in [4.69, 9.17) is 5.84 Å². The minimum Gasteiger partial charge on any atom is -0.318 e. The number of nitrogens with two attached hydrogens (primary N) is 1. The summed E-state index contributed by atoms with van der Waals surface area (Å²) in [7, 11) is 0. The normalized spacial score (nSPS) is 18.9. The van der Waals surface area contributed by atoms with Crippen molar-refractivity contribution in [1.82, 2.24) is 5.01 Å². The minimum absolute atomic E-state index is 0.924. The molecule has 0 spiro atoms. The van der Waals surface area contributed by atoms with Gasteiger partial charge in [0, 0.05) is 12.7 Å². The van der Waals surface area contributed by atoms with Crippen LogP contribution < -0.4 is 5.84 Å². The molecule has 0 bridgehead atoms. The molecule has 0 aromatic carbocycles. The standard InChI is InChI=1S/C6H10N2/c7-8-5-3-1-2-4-6-8/h1-3,5H,4,6-7H2. The highest BCUT2D eigenvalue weighted by molar-refractivity contribution is 5.04. The van der Waals surface area contributed by atoms with Crippen molar-refractivity contribution in [3.63, 3.8) is 0 Å². The fourth-order valence-corrected chi connectivity index (χ4v) is 0.633. The lowest BCUT2D eigenvalue weighted by molar-refractivity contribution is 0.404. The van der Waals surface area contributed by atoms with Crippen molar-refractivity contribution >= 4 is 0 Å². The van der Waals surface area contributed by atoms with Crippen molar-refractivity contribution in [2.24, 2.45) is 5.84 Å². The van der Waals surface area contributed by atoms with Crippen LogP contribution in [0, 0.1) is 0 Å². The Bertz CT molecular complexity index is 116. The first-order valence-electron chi connectivity index (χ1n) is 2.74. The SMILES string of the molecule is NN1C=CC=CCC1. The van der Waals surface area contributed by atoms with Gasteiger partial charge in [0.25, 0.3) is 0 Å². The van der Waals surface area contributed by atoms with Crippen LogP contribution in [0.5, 0.6) is 0 Å². The molecule has 0 amide bonds. The summed E-state index contributed by atoms with van der Waals surface area (Å²) >= 11 is 0. The molecule has 0 saturated heterocycles. The molecule has 8 heavy (non-hydrogen) atoms. The van der Waals surface area contributed by atoms with E-state index in [9.17, 15) is 0 Å². The maximum absolute atomic E-state index is 5.44. The van der Waals surface area contributed by atoms with Gasteiger partial charge in [0.05, 0.1) is 0 Å². The van der Waals surface area contributed by atoms with Crippen LogP contribution in [0.4, 0.5) is 0 Å². The van der Waals surface area contributed by atoms with Gasteiger partial charge in [-0.05, 0) is 12.5 Å². The van der Waals surface area contributed by atoms with Crippen LogP contribution in [0.2, 0.25) is 0 Å². The van der Waals surface area contributed by atoms with Crippen LogP contribution in [0.15, 0.2) is 24.4 Å². The molecule has 0 unspecified atom stereocenters. The largest absolute Gasteiger partial charge is 0.318 e. The summed E-state index contributed by atoms with van der Waals surface area (Å²) in [5.74, 6) is 5.44. The topological polar surface area (TPSA) is 29.3 Å². The van der Waals surface area contributed by atoms with Gasteiger partial charge in [-0.3, -0.25) is 0 Å². The van der Waals surface area contributed by atoms with Crippen molar-refractivity contribution in [1.29, 1.82) is 0 Å². The molecule has 2 nitrogen and oxygen atoms in total. The molecule has 0 radical (unpaired) electrons. The minimum atomic E-state index is 0.924. The molecule has 2 heteroatoms. The van der Waals surface area contributed by atoms with Crippen LogP contribution in [-0.2, 0) is 0 Å². The molecule has 0 atom stereocenters. The maximum atomic E-state index is 5.44. The second-order valence-corrected chi connectivity index (χ2v) is 1.80. The molecule has 0 aromatic heterocycles. The van der Waals surface area contributed by atoms with E-state index < -0.39 is 0 Å². The summed E-state index contributed by atoms with van der Waals surface area (Å²) < 4.78 is 0. The second-order valence-electron chi connectivity index (χ2n) is 1.80. The van der Waals surface area contributed by atoms with Crippen LogP contribution in [-0.4, -0.2) is 11.6 Å². The third-order valence-corrected chi connectivity index (χ3v) is 1.08. The van der Waals surface area contributed by atoms with Gasteiger partial charge in [0.1, 0.15) is 0 Å². The van der Waals surface area contributed by atoms with Crippen molar-refractivity contribution in [2.45, 2.75) is 6.42 Å². The number of hydrogen-bond acceptors (Lipinski definition) is 2. The van der Waals surface area contributed by atoms with E-state index in [2.05, 4.69) is 6.08 Å². The van der Waals surface area contributed by atoms with Gasteiger partial charge in [-0.2, -0.15) is 0 Å². The summed E-state index contributed by atoms with van der Waals surface area (Å²) in [6.45, 7) is 0.924. The van der Waals surface area contributed by atoms with Crippen molar-refractivity contribution < 1.29 is 0 Å². The Morgan fingerprint density at radius 3 is 3.12 bits per heavy atom. The smallest absolute Gasteiger partial charge is 0.0369 e. The molecule has 1 aliphatic rings. The van der Waals surface area contributed by atoms with E-state index in [1.54, 1.807) is 5.01 Å². The fraction of sp³-hybridized carbons (Fsp3) is 0.333. The summed E-state index contributed by atoms with van der Waals surface area (Å²) in [5, 5.41) is 1.68. The zero-order valence-corrected chi connectivity index (χ0v) is 4.75. The van der Waals surface area contributed by atoms with Gasteiger partial charge in [-0.15, -0.1) is 0 Å². The first kappa shape index (κ1) is 5.38. The van der Waals surface area contributed by atoms with E-state index in [0.717, 1.165) is 13.0 Å². The van der Waals surface area contributed by atoms with E-state index in [-0.39, 0.29) is 0 Å². The third kappa shape index (κ3) is 1.39. The van der Waals surface area contributed by atoms with Gasteiger partial charge < -0.3 is 5.01 Å². The Labute approximate surface area is 49.2 Å². The lowest BCUT2D eigenvalue weighted by Gasteiger charge is -2.08. The predicted molar refractivity (Wildman–Crippen MR) is 33.8 cm³/mol. The highest BCUT2D eigenvalue weighted by atomic mass is 15.4. The molecular formula is C6H10N2. The van der Waals surface area contributed by atoms with Crippen LogP contribution in [0.1, 0.15) is 6.42 Å². The second kappa shape index (κ2) is 2.52. The summed E-state index contributed by atoms with van der Waals surface area (Å²) in [6.07, 6.45) is 8.95. The molecule has 0 aliphatic carbocycles. The molecule has 2 N–H and O–H groups in total. The zero-order chi connectivity index (χ0) is 5.82. The third-order valence-electron chi connectivity index (χ3n) is 1.08. The molecule has 0 aromatic rings. The molecule has 0 saturated carbocycles. The number of rotatable bonds is 0. The maximum Gasteiger partial charge on any atom is 0.0369 e.